The van der Waals surface area contributed by atoms with E-state index in [2.05, 4.69) is 20.2 Å². The van der Waals surface area contributed by atoms with E-state index in [1.165, 1.54) is 0 Å². The van der Waals surface area contributed by atoms with E-state index in [4.69, 9.17) is 16.3 Å². The van der Waals surface area contributed by atoms with Gasteiger partial charge in [0.25, 0.3) is 0 Å². The summed E-state index contributed by atoms with van der Waals surface area (Å²) in [5.74, 6) is 2.08. The Morgan fingerprint density at radius 2 is 1.81 bits per heavy atom. The number of nitrogens with zero attached hydrogens (tertiary/aromatic N) is 4. The molecule has 1 aliphatic heterocycles. The highest BCUT2D eigenvalue weighted by molar-refractivity contribution is 6.30. The van der Waals surface area contributed by atoms with Crippen molar-refractivity contribution in [1.82, 2.24) is 14.9 Å². The highest BCUT2D eigenvalue weighted by Crippen LogP contribution is 2.20. The zero-order chi connectivity index (χ0) is 19.4. The molecule has 3 rings (SSSR count). The number of benzene rings is 1. The molecule has 0 radical (unpaired) electrons. The molecular formula is C19H24ClN5O2. The van der Waals surface area contributed by atoms with Crippen molar-refractivity contribution in [2.24, 2.45) is 0 Å². The fourth-order valence-corrected chi connectivity index (χ4v) is 2.99. The van der Waals surface area contributed by atoms with Crippen molar-refractivity contribution >= 4 is 29.1 Å². The van der Waals surface area contributed by atoms with E-state index in [1.54, 1.807) is 29.2 Å². The molecule has 1 aliphatic rings. The number of urea groups is 1. The van der Waals surface area contributed by atoms with Gasteiger partial charge in [-0.15, -0.1) is 0 Å². The van der Waals surface area contributed by atoms with E-state index in [9.17, 15) is 4.79 Å². The third-order valence-electron chi connectivity index (χ3n) is 4.14. The van der Waals surface area contributed by atoms with Crippen LogP contribution in [0.2, 0.25) is 5.02 Å². The first kappa shape index (κ1) is 19.2. The molecule has 2 heterocycles. The molecule has 0 atom stereocenters. The van der Waals surface area contributed by atoms with Crippen molar-refractivity contribution < 1.29 is 9.53 Å². The number of piperazine rings is 1. The maximum absolute atomic E-state index is 12.4. The summed E-state index contributed by atoms with van der Waals surface area (Å²) < 4.78 is 5.70. The van der Waals surface area contributed by atoms with Gasteiger partial charge in [0, 0.05) is 43.0 Å². The van der Waals surface area contributed by atoms with Crippen molar-refractivity contribution in [3.05, 3.63) is 41.2 Å². The maximum atomic E-state index is 12.4. The van der Waals surface area contributed by atoms with Gasteiger partial charge in [-0.2, -0.15) is 4.98 Å². The quantitative estimate of drug-likeness (QED) is 0.865. The van der Waals surface area contributed by atoms with E-state index in [0.29, 0.717) is 42.9 Å². The largest absolute Gasteiger partial charge is 0.475 e. The molecule has 0 bridgehead atoms. The van der Waals surface area contributed by atoms with Crippen LogP contribution in [0.1, 0.15) is 19.7 Å². The predicted octanol–water partition coefficient (Wildman–Crippen LogP) is 3.58. The molecule has 0 unspecified atom stereocenters. The highest BCUT2D eigenvalue weighted by Gasteiger charge is 2.23. The number of carbonyl (C=O) groups excluding carboxylic acids is 1. The minimum atomic E-state index is -0.111. The molecule has 0 spiro atoms. The summed E-state index contributed by atoms with van der Waals surface area (Å²) in [5.41, 5.74) is 0.730. The first-order valence-corrected chi connectivity index (χ1v) is 9.37. The summed E-state index contributed by atoms with van der Waals surface area (Å²) in [7, 11) is 0. The number of rotatable bonds is 4. The van der Waals surface area contributed by atoms with E-state index in [-0.39, 0.29) is 12.1 Å². The van der Waals surface area contributed by atoms with Crippen molar-refractivity contribution in [2.45, 2.75) is 26.9 Å². The smallest absolute Gasteiger partial charge is 0.321 e. The minimum Gasteiger partial charge on any atom is -0.475 e. The summed E-state index contributed by atoms with van der Waals surface area (Å²) in [6.07, 6.45) is 0.0561. The molecule has 1 fully saturated rings. The minimum absolute atomic E-state index is 0.0561. The number of anilines is 2. The summed E-state index contributed by atoms with van der Waals surface area (Å²) in [5, 5.41) is 3.54. The lowest BCUT2D eigenvalue weighted by molar-refractivity contribution is 0.208. The van der Waals surface area contributed by atoms with Crippen LogP contribution in [0.4, 0.5) is 16.3 Å². The van der Waals surface area contributed by atoms with Crippen LogP contribution in [-0.2, 0) is 0 Å². The average Bonchev–Trinajstić information content (AvgIpc) is 2.62. The second-order valence-electron chi connectivity index (χ2n) is 6.69. The van der Waals surface area contributed by atoms with Crippen molar-refractivity contribution in [1.29, 1.82) is 0 Å². The van der Waals surface area contributed by atoms with Gasteiger partial charge in [-0.1, -0.05) is 11.6 Å². The second kappa shape index (κ2) is 8.43. The number of nitrogens with one attached hydrogen (secondary N) is 1. The summed E-state index contributed by atoms with van der Waals surface area (Å²) >= 11 is 5.87. The fourth-order valence-electron chi connectivity index (χ4n) is 2.86. The van der Waals surface area contributed by atoms with Crippen molar-refractivity contribution in [2.75, 3.05) is 36.4 Å². The molecule has 8 heteroatoms. The summed E-state index contributed by atoms with van der Waals surface area (Å²) in [4.78, 5) is 25.2. The van der Waals surface area contributed by atoms with Gasteiger partial charge in [0.15, 0.2) is 0 Å². The van der Waals surface area contributed by atoms with Crippen LogP contribution in [0.25, 0.3) is 0 Å². The molecular weight excluding hydrogens is 366 g/mol. The SMILES string of the molecule is Cc1nc(OC(C)C)cc(N2CCN(C(=O)Nc3ccc(Cl)cc3)CC2)n1. The lowest BCUT2D eigenvalue weighted by Gasteiger charge is -2.35. The Labute approximate surface area is 164 Å². The third kappa shape index (κ3) is 5.23. The molecule has 2 amide bonds. The molecule has 0 saturated carbocycles. The number of hydrogen-bond acceptors (Lipinski definition) is 5. The van der Waals surface area contributed by atoms with E-state index >= 15 is 0 Å². The fraction of sp³-hybridized carbons (Fsp3) is 0.421. The van der Waals surface area contributed by atoms with E-state index in [1.807, 2.05) is 26.8 Å². The Balaban J connectivity index is 1.59. The van der Waals surface area contributed by atoms with Gasteiger partial charge in [0.2, 0.25) is 5.88 Å². The zero-order valence-corrected chi connectivity index (χ0v) is 16.5. The van der Waals surface area contributed by atoms with Crippen LogP contribution in [0.3, 0.4) is 0 Å². The Hall–Kier alpha value is -2.54. The molecule has 7 nitrogen and oxygen atoms in total. The van der Waals surface area contributed by atoms with Gasteiger partial charge < -0.3 is 19.9 Å². The molecule has 27 heavy (non-hydrogen) atoms. The van der Waals surface area contributed by atoms with Crippen LogP contribution >= 0.6 is 11.6 Å². The van der Waals surface area contributed by atoms with Crippen molar-refractivity contribution in [3.63, 3.8) is 0 Å². The lowest BCUT2D eigenvalue weighted by atomic mass is 10.3. The van der Waals surface area contributed by atoms with Crippen LogP contribution in [0.5, 0.6) is 5.88 Å². The third-order valence-corrected chi connectivity index (χ3v) is 4.40. The number of carbonyl (C=O) groups is 1. The van der Waals surface area contributed by atoms with Gasteiger partial charge in [-0.05, 0) is 45.0 Å². The number of hydrogen-bond donors (Lipinski definition) is 1. The number of halogens is 1. The van der Waals surface area contributed by atoms with Gasteiger partial charge in [0.05, 0.1) is 6.10 Å². The standard InChI is InChI=1S/C19H24ClN5O2/c1-13(2)27-18-12-17(21-14(3)22-18)24-8-10-25(11-9-24)19(26)23-16-6-4-15(20)5-7-16/h4-7,12-13H,8-11H2,1-3H3,(H,23,26). The molecule has 1 aromatic heterocycles. The maximum Gasteiger partial charge on any atom is 0.321 e. The Bertz CT molecular complexity index is 789. The van der Waals surface area contributed by atoms with Gasteiger partial charge in [0.1, 0.15) is 11.6 Å². The molecule has 1 saturated heterocycles. The van der Waals surface area contributed by atoms with E-state index in [0.717, 1.165) is 11.5 Å². The zero-order valence-electron chi connectivity index (χ0n) is 15.8. The second-order valence-corrected chi connectivity index (χ2v) is 7.13. The molecule has 0 aliphatic carbocycles. The van der Waals surface area contributed by atoms with Gasteiger partial charge in [-0.25, -0.2) is 9.78 Å². The Kier molecular flexibility index (Phi) is 6.01. The van der Waals surface area contributed by atoms with Crippen LogP contribution in [0, 0.1) is 6.92 Å². The first-order chi connectivity index (χ1) is 12.9. The number of aryl methyl sites for hydroxylation is 1. The van der Waals surface area contributed by atoms with Gasteiger partial charge in [-0.3, -0.25) is 0 Å². The van der Waals surface area contributed by atoms with E-state index < -0.39 is 0 Å². The summed E-state index contributed by atoms with van der Waals surface area (Å²) in [6, 6.07) is 8.83. The van der Waals surface area contributed by atoms with Gasteiger partial charge >= 0.3 is 6.03 Å². The molecule has 2 aromatic rings. The topological polar surface area (TPSA) is 70.6 Å². The number of ether oxygens (including phenoxy) is 1. The monoisotopic (exact) mass is 389 g/mol. The summed E-state index contributed by atoms with van der Waals surface area (Å²) in [6.45, 7) is 8.42. The number of amides is 2. The Morgan fingerprint density at radius 1 is 1.15 bits per heavy atom. The molecule has 1 aromatic carbocycles. The highest BCUT2D eigenvalue weighted by atomic mass is 35.5. The lowest BCUT2D eigenvalue weighted by Crippen LogP contribution is -2.50. The molecule has 144 valence electrons. The van der Waals surface area contributed by atoms with Crippen LogP contribution in [-0.4, -0.2) is 53.2 Å². The number of aromatic nitrogens is 2. The van der Waals surface area contributed by atoms with Crippen LogP contribution < -0.4 is 15.0 Å². The first-order valence-electron chi connectivity index (χ1n) is 8.99. The van der Waals surface area contributed by atoms with Crippen LogP contribution in [0.15, 0.2) is 30.3 Å². The predicted molar refractivity (Wildman–Crippen MR) is 107 cm³/mol. The van der Waals surface area contributed by atoms with Crippen molar-refractivity contribution in [3.8, 4) is 5.88 Å². The Morgan fingerprint density at radius 3 is 2.44 bits per heavy atom. The average molecular weight is 390 g/mol. The normalized spacial score (nSPS) is 14.4. The molecule has 1 N–H and O–H groups in total.